The molecule has 0 amide bonds. The van der Waals surface area contributed by atoms with Crippen molar-refractivity contribution in [3.05, 3.63) is 65.8 Å². The lowest BCUT2D eigenvalue weighted by Gasteiger charge is -2.05. The second kappa shape index (κ2) is 5.11. The zero-order valence-electron chi connectivity index (χ0n) is 9.92. The molecule has 19 heavy (non-hydrogen) atoms. The highest BCUT2D eigenvalue weighted by Crippen LogP contribution is 2.24. The molecule has 0 fully saturated rings. The summed E-state index contributed by atoms with van der Waals surface area (Å²) in [4.78, 5) is 4.97. The summed E-state index contributed by atoms with van der Waals surface area (Å²) in [5.74, 6) is 0. The smallest absolute Gasteiger partial charge is 0.139 e. The highest BCUT2D eigenvalue weighted by molar-refractivity contribution is 7.85. The van der Waals surface area contributed by atoms with Gasteiger partial charge in [0.05, 0.1) is 0 Å². The maximum atomic E-state index is 12.6. The molecule has 0 N–H and O–H groups in total. The van der Waals surface area contributed by atoms with Crippen molar-refractivity contribution in [2.24, 2.45) is 0 Å². The molecule has 3 aromatic rings. The van der Waals surface area contributed by atoms with Crippen molar-refractivity contribution in [1.29, 1.82) is 0 Å². The first-order valence-corrected chi connectivity index (χ1v) is 7.29. The van der Waals surface area contributed by atoms with Gasteiger partial charge in [-0.15, -0.1) is 0 Å². The molecule has 94 valence electrons. The number of rotatable bonds is 2. The minimum absolute atomic E-state index is 0.584. The van der Waals surface area contributed by atoms with Gasteiger partial charge in [-0.25, -0.2) is 9.19 Å². The normalized spacial score (nSPS) is 12.5. The van der Waals surface area contributed by atoms with E-state index in [4.69, 9.17) is 11.6 Å². The van der Waals surface area contributed by atoms with E-state index in [2.05, 4.69) is 4.98 Å². The van der Waals surface area contributed by atoms with Crippen LogP contribution in [0.25, 0.3) is 10.8 Å². The molecule has 4 heteroatoms. The van der Waals surface area contributed by atoms with E-state index in [9.17, 15) is 4.21 Å². The Labute approximate surface area is 118 Å². The molecular formula is C15H10ClNOS. The number of fused-ring (bicyclic) bond motifs is 1. The summed E-state index contributed by atoms with van der Waals surface area (Å²) in [7, 11) is -1.30. The zero-order valence-corrected chi connectivity index (χ0v) is 11.5. The fourth-order valence-corrected chi connectivity index (χ4v) is 3.18. The molecular weight excluding hydrogens is 278 g/mol. The van der Waals surface area contributed by atoms with Gasteiger partial charge in [-0.05, 0) is 35.7 Å². The number of hydrogen-bond acceptors (Lipinski definition) is 2. The summed E-state index contributed by atoms with van der Waals surface area (Å²) in [5, 5.41) is 3.17. The van der Waals surface area contributed by atoms with Crippen LogP contribution in [0, 0.1) is 0 Å². The largest absolute Gasteiger partial charge is 0.247 e. The van der Waals surface area contributed by atoms with Crippen molar-refractivity contribution in [2.45, 2.75) is 9.92 Å². The number of hydrogen-bond donors (Lipinski definition) is 0. The number of benzene rings is 2. The Bertz CT molecular complexity index is 750. The van der Waals surface area contributed by atoms with Crippen LogP contribution in [0.5, 0.6) is 0 Å². The van der Waals surface area contributed by atoms with Gasteiger partial charge in [0.2, 0.25) is 0 Å². The first-order valence-electron chi connectivity index (χ1n) is 5.77. The third-order valence-electron chi connectivity index (χ3n) is 2.84. The standard InChI is InChI=1S/C15H10ClNOS/c16-12-5-7-13(8-6-12)19(18)15-14-4-2-1-3-11(14)9-10-17-15/h1-10H. The molecule has 1 unspecified atom stereocenters. The lowest BCUT2D eigenvalue weighted by Crippen LogP contribution is -1.97. The average molecular weight is 288 g/mol. The van der Waals surface area contributed by atoms with E-state index < -0.39 is 10.8 Å². The van der Waals surface area contributed by atoms with Crippen LogP contribution in [-0.2, 0) is 10.8 Å². The molecule has 1 heterocycles. The molecule has 0 spiro atoms. The van der Waals surface area contributed by atoms with Gasteiger partial charge >= 0.3 is 0 Å². The quantitative estimate of drug-likeness (QED) is 0.711. The molecule has 0 saturated carbocycles. The van der Waals surface area contributed by atoms with E-state index in [1.54, 1.807) is 30.5 Å². The Morgan fingerprint density at radius 1 is 0.947 bits per heavy atom. The summed E-state index contributed by atoms with van der Waals surface area (Å²) in [6, 6.07) is 16.7. The van der Waals surface area contributed by atoms with E-state index in [0.29, 0.717) is 14.9 Å². The lowest BCUT2D eigenvalue weighted by atomic mass is 10.2. The van der Waals surface area contributed by atoms with Gasteiger partial charge in [0.25, 0.3) is 0 Å². The van der Waals surface area contributed by atoms with E-state index in [-0.39, 0.29) is 0 Å². The van der Waals surface area contributed by atoms with Crippen LogP contribution in [0.15, 0.2) is 70.7 Å². The fourth-order valence-electron chi connectivity index (χ4n) is 1.91. The molecule has 0 saturated heterocycles. The van der Waals surface area contributed by atoms with Crippen molar-refractivity contribution < 1.29 is 4.21 Å². The summed E-state index contributed by atoms with van der Waals surface area (Å²) in [5.41, 5.74) is 0. The number of halogens is 1. The van der Waals surface area contributed by atoms with Gasteiger partial charge in [0.15, 0.2) is 0 Å². The Balaban J connectivity index is 2.14. The van der Waals surface area contributed by atoms with Crippen LogP contribution >= 0.6 is 11.6 Å². The monoisotopic (exact) mass is 287 g/mol. The predicted molar refractivity (Wildman–Crippen MR) is 77.9 cm³/mol. The molecule has 1 aromatic heterocycles. The SMILES string of the molecule is O=S(c1ccc(Cl)cc1)c1nccc2ccccc12. The molecule has 0 radical (unpaired) electrons. The Kier molecular flexibility index (Phi) is 3.32. The Hall–Kier alpha value is -1.71. The highest BCUT2D eigenvalue weighted by atomic mass is 35.5. The highest BCUT2D eigenvalue weighted by Gasteiger charge is 2.11. The minimum atomic E-state index is -1.30. The van der Waals surface area contributed by atoms with Gasteiger partial charge in [-0.2, -0.15) is 0 Å². The lowest BCUT2D eigenvalue weighted by molar-refractivity contribution is 0.681. The van der Waals surface area contributed by atoms with Crippen molar-refractivity contribution >= 4 is 33.2 Å². The number of nitrogens with zero attached hydrogens (tertiary/aromatic N) is 1. The predicted octanol–water partition coefficient (Wildman–Crippen LogP) is 4.05. The second-order valence-corrected chi connectivity index (χ2v) is 5.89. The summed E-state index contributed by atoms with van der Waals surface area (Å²) in [6.45, 7) is 0. The Morgan fingerprint density at radius 3 is 2.47 bits per heavy atom. The van der Waals surface area contributed by atoms with E-state index in [1.165, 1.54) is 0 Å². The zero-order chi connectivity index (χ0) is 13.2. The van der Waals surface area contributed by atoms with Crippen LogP contribution in [0.2, 0.25) is 5.02 Å². The molecule has 2 nitrogen and oxygen atoms in total. The maximum Gasteiger partial charge on any atom is 0.139 e. The number of pyridine rings is 1. The van der Waals surface area contributed by atoms with E-state index in [1.807, 2.05) is 30.3 Å². The maximum absolute atomic E-state index is 12.6. The topological polar surface area (TPSA) is 30.0 Å². The van der Waals surface area contributed by atoms with Crippen molar-refractivity contribution in [3.63, 3.8) is 0 Å². The second-order valence-electron chi connectivity index (χ2n) is 4.06. The summed E-state index contributed by atoms with van der Waals surface area (Å²) >= 11 is 5.84. The van der Waals surface area contributed by atoms with Crippen LogP contribution in [0.1, 0.15) is 0 Å². The first kappa shape index (κ1) is 12.3. The average Bonchev–Trinajstić information content (AvgIpc) is 2.47. The molecule has 0 aliphatic heterocycles. The molecule has 0 aliphatic rings. The van der Waals surface area contributed by atoms with Gasteiger partial charge in [-0.1, -0.05) is 35.9 Å². The summed E-state index contributed by atoms with van der Waals surface area (Å²) in [6.07, 6.45) is 1.69. The van der Waals surface area contributed by atoms with Crippen LogP contribution in [0.4, 0.5) is 0 Å². The van der Waals surface area contributed by atoms with Crippen molar-refractivity contribution in [1.82, 2.24) is 4.98 Å². The van der Waals surface area contributed by atoms with E-state index >= 15 is 0 Å². The van der Waals surface area contributed by atoms with Gasteiger partial charge in [-0.3, -0.25) is 0 Å². The van der Waals surface area contributed by atoms with Gasteiger partial charge in [0.1, 0.15) is 15.8 Å². The van der Waals surface area contributed by atoms with Crippen LogP contribution < -0.4 is 0 Å². The van der Waals surface area contributed by atoms with Crippen LogP contribution in [0.3, 0.4) is 0 Å². The van der Waals surface area contributed by atoms with Gasteiger partial charge < -0.3 is 0 Å². The molecule has 3 rings (SSSR count). The molecule has 0 aliphatic carbocycles. The fraction of sp³-hybridized carbons (Fsp3) is 0. The third-order valence-corrected chi connectivity index (χ3v) is 4.47. The molecule has 1 atom stereocenters. The Morgan fingerprint density at radius 2 is 1.68 bits per heavy atom. The minimum Gasteiger partial charge on any atom is -0.247 e. The number of aromatic nitrogens is 1. The molecule has 2 aromatic carbocycles. The van der Waals surface area contributed by atoms with Crippen molar-refractivity contribution in [3.8, 4) is 0 Å². The first-order chi connectivity index (χ1) is 9.25. The van der Waals surface area contributed by atoms with Gasteiger partial charge in [0, 0.05) is 21.5 Å². The van der Waals surface area contributed by atoms with Crippen molar-refractivity contribution in [2.75, 3.05) is 0 Å². The summed E-state index contributed by atoms with van der Waals surface area (Å²) < 4.78 is 12.6. The third kappa shape index (κ3) is 2.39. The molecule has 0 bridgehead atoms. The van der Waals surface area contributed by atoms with E-state index in [0.717, 1.165) is 10.8 Å². The van der Waals surface area contributed by atoms with Crippen LogP contribution in [-0.4, -0.2) is 9.19 Å².